The number of hydrogen-bond donors (Lipinski definition) is 1. The van der Waals surface area contributed by atoms with Crippen LogP contribution in [0.3, 0.4) is 0 Å². The molecule has 3 heteroatoms. The molecule has 1 aromatic rings. The van der Waals surface area contributed by atoms with E-state index in [1.54, 1.807) is 6.92 Å². The maximum atomic E-state index is 12.8. The van der Waals surface area contributed by atoms with Crippen molar-refractivity contribution < 1.29 is 4.39 Å². The highest BCUT2D eigenvalue weighted by atomic mass is 127. The number of rotatable bonds is 0. The van der Waals surface area contributed by atoms with E-state index in [0.29, 0.717) is 10.5 Å². The molecular formula is C7H6FIS. The Bertz CT molecular complexity index is 237. The molecule has 0 radical (unpaired) electrons. The number of benzene rings is 1. The summed E-state index contributed by atoms with van der Waals surface area (Å²) in [5.41, 5.74) is 0.615. The molecule has 0 fully saturated rings. The minimum atomic E-state index is -0.183. The fourth-order valence-electron chi connectivity index (χ4n) is 0.632. The summed E-state index contributed by atoms with van der Waals surface area (Å²) in [5, 5.41) is 0. The second-order valence-corrected chi connectivity index (χ2v) is 3.76. The Morgan fingerprint density at radius 1 is 1.50 bits per heavy atom. The van der Waals surface area contributed by atoms with Crippen LogP contribution in [0.5, 0.6) is 0 Å². The average Bonchev–Trinajstić information content (AvgIpc) is 1.82. The van der Waals surface area contributed by atoms with E-state index < -0.39 is 0 Å². The van der Waals surface area contributed by atoms with Crippen molar-refractivity contribution in [3.05, 3.63) is 27.1 Å². The first kappa shape index (κ1) is 8.33. The molecule has 0 amide bonds. The highest BCUT2D eigenvalue weighted by molar-refractivity contribution is 14.1. The van der Waals surface area contributed by atoms with Gasteiger partial charge in [0.2, 0.25) is 0 Å². The Kier molecular flexibility index (Phi) is 2.57. The van der Waals surface area contributed by atoms with Gasteiger partial charge in [0, 0.05) is 8.47 Å². The standard InChI is InChI=1S/C7H6FIS/c1-4-6(8)2-5(9)3-7(4)10/h2-3,10H,1H3. The highest BCUT2D eigenvalue weighted by Gasteiger charge is 2.01. The summed E-state index contributed by atoms with van der Waals surface area (Å²) in [4.78, 5) is 0.712. The van der Waals surface area contributed by atoms with Crippen LogP contribution in [0.1, 0.15) is 5.56 Å². The first-order chi connectivity index (χ1) is 4.61. The van der Waals surface area contributed by atoms with E-state index in [1.807, 2.05) is 6.07 Å². The van der Waals surface area contributed by atoms with Crippen molar-refractivity contribution >= 4 is 35.2 Å². The van der Waals surface area contributed by atoms with Crippen LogP contribution >= 0.6 is 35.2 Å². The van der Waals surface area contributed by atoms with Crippen molar-refractivity contribution in [1.29, 1.82) is 0 Å². The topological polar surface area (TPSA) is 0 Å². The van der Waals surface area contributed by atoms with Gasteiger partial charge in [-0.3, -0.25) is 0 Å². The van der Waals surface area contributed by atoms with Crippen LogP contribution in [0.15, 0.2) is 17.0 Å². The van der Waals surface area contributed by atoms with E-state index >= 15 is 0 Å². The second kappa shape index (κ2) is 3.09. The molecule has 0 bridgehead atoms. The molecule has 54 valence electrons. The Labute approximate surface area is 78.4 Å². The number of halogens is 2. The van der Waals surface area contributed by atoms with Gasteiger partial charge in [0.05, 0.1) is 0 Å². The van der Waals surface area contributed by atoms with E-state index in [2.05, 4.69) is 35.2 Å². The maximum absolute atomic E-state index is 12.8. The van der Waals surface area contributed by atoms with Gasteiger partial charge in [-0.2, -0.15) is 0 Å². The van der Waals surface area contributed by atoms with Crippen LogP contribution in [0.4, 0.5) is 4.39 Å². The molecular weight excluding hydrogens is 262 g/mol. The minimum Gasteiger partial charge on any atom is -0.207 e. The normalized spacial score (nSPS) is 10.0. The molecule has 0 nitrogen and oxygen atoms in total. The largest absolute Gasteiger partial charge is 0.207 e. The van der Waals surface area contributed by atoms with Gasteiger partial charge >= 0.3 is 0 Å². The van der Waals surface area contributed by atoms with E-state index in [9.17, 15) is 4.39 Å². The molecule has 0 aliphatic heterocycles. The zero-order chi connectivity index (χ0) is 7.72. The van der Waals surface area contributed by atoms with Crippen molar-refractivity contribution in [3.8, 4) is 0 Å². The fraction of sp³-hybridized carbons (Fsp3) is 0.143. The van der Waals surface area contributed by atoms with Gasteiger partial charge in [-0.25, -0.2) is 4.39 Å². The van der Waals surface area contributed by atoms with Crippen molar-refractivity contribution in [3.63, 3.8) is 0 Å². The Morgan fingerprint density at radius 2 is 2.10 bits per heavy atom. The van der Waals surface area contributed by atoms with E-state index in [1.165, 1.54) is 6.07 Å². The predicted molar refractivity (Wildman–Crippen MR) is 51.1 cm³/mol. The SMILES string of the molecule is Cc1c(F)cc(I)cc1S. The van der Waals surface area contributed by atoms with Gasteiger partial charge in [-0.15, -0.1) is 12.6 Å². The quantitative estimate of drug-likeness (QED) is 0.542. The number of hydrogen-bond acceptors (Lipinski definition) is 1. The molecule has 0 aromatic heterocycles. The molecule has 0 N–H and O–H groups in total. The van der Waals surface area contributed by atoms with E-state index in [-0.39, 0.29) is 5.82 Å². The third kappa shape index (κ3) is 1.63. The molecule has 0 saturated carbocycles. The van der Waals surface area contributed by atoms with Crippen molar-refractivity contribution in [2.24, 2.45) is 0 Å². The molecule has 0 aliphatic carbocycles. The third-order valence-electron chi connectivity index (χ3n) is 1.28. The van der Waals surface area contributed by atoms with Gasteiger partial charge in [-0.1, -0.05) is 0 Å². The van der Waals surface area contributed by atoms with Crippen molar-refractivity contribution in [2.45, 2.75) is 11.8 Å². The first-order valence-corrected chi connectivity index (χ1v) is 4.28. The molecule has 0 aliphatic rings. The van der Waals surface area contributed by atoms with Crippen molar-refractivity contribution in [2.75, 3.05) is 0 Å². The lowest BCUT2D eigenvalue weighted by Crippen LogP contribution is -1.85. The summed E-state index contributed by atoms with van der Waals surface area (Å²) >= 11 is 6.15. The molecule has 0 saturated heterocycles. The van der Waals surface area contributed by atoms with Gasteiger partial charge in [0.25, 0.3) is 0 Å². The van der Waals surface area contributed by atoms with Crippen molar-refractivity contribution in [1.82, 2.24) is 0 Å². The van der Waals surface area contributed by atoms with Crippen LogP contribution in [-0.2, 0) is 0 Å². The molecule has 10 heavy (non-hydrogen) atoms. The minimum absolute atomic E-state index is 0.183. The van der Waals surface area contributed by atoms with Crippen LogP contribution in [0.25, 0.3) is 0 Å². The molecule has 0 unspecified atom stereocenters. The maximum Gasteiger partial charge on any atom is 0.128 e. The average molecular weight is 268 g/mol. The van der Waals surface area contributed by atoms with E-state index in [0.717, 1.165) is 3.57 Å². The van der Waals surface area contributed by atoms with Crippen LogP contribution in [0.2, 0.25) is 0 Å². The van der Waals surface area contributed by atoms with Gasteiger partial charge in [-0.05, 0) is 47.2 Å². The lowest BCUT2D eigenvalue weighted by atomic mass is 10.2. The summed E-state index contributed by atoms with van der Waals surface area (Å²) in [6, 6.07) is 3.33. The molecule has 1 aromatic carbocycles. The highest BCUT2D eigenvalue weighted by Crippen LogP contribution is 2.19. The van der Waals surface area contributed by atoms with Gasteiger partial charge in [0.15, 0.2) is 0 Å². The first-order valence-electron chi connectivity index (χ1n) is 2.76. The summed E-state index contributed by atoms with van der Waals surface area (Å²) < 4.78 is 13.7. The summed E-state index contributed by atoms with van der Waals surface area (Å²) in [6.07, 6.45) is 0. The zero-order valence-corrected chi connectivity index (χ0v) is 8.41. The summed E-state index contributed by atoms with van der Waals surface area (Å²) in [7, 11) is 0. The number of thiol groups is 1. The van der Waals surface area contributed by atoms with E-state index in [4.69, 9.17) is 0 Å². The lowest BCUT2D eigenvalue weighted by molar-refractivity contribution is 0.612. The summed E-state index contributed by atoms with van der Waals surface area (Å²) in [5.74, 6) is -0.183. The Balaban J connectivity index is 3.31. The van der Waals surface area contributed by atoms with Gasteiger partial charge in [0.1, 0.15) is 5.82 Å². The molecule has 0 atom stereocenters. The zero-order valence-electron chi connectivity index (χ0n) is 5.36. The lowest BCUT2D eigenvalue weighted by Gasteiger charge is -1.99. The Morgan fingerprint density at radius 3 is 2.60 bits per heavy atom. The molecule has 0 spiro atoms. The fourth-order valence-corrected chi connectivity index (χ4v) is 1.71. The smallest absolute Gasteiger partial charge is 0.128 e. The molecule has 1 rings (SSSR count). The van der Waals surface area contributed by atoms with Crippen LogP contribution in [-0.4, -0.2) is 0 Å². The van der Waals surface area contributed by atoms with Crippen LogP contribution < -0.4 is 0 Å². The second-order valence-electron chi connectivity index (χ2n) is 2.03. The summed E-state index contributed by atoms with van der Waals surface area (Å²) in [6.45, 7) is 1.72. The van der Waals surface area contributed by atoms with Crippen LogP contribution in [0, 0.1) is 16.3 Å². The predicted octanol–water partition coefficient (Wildman–Crippen LogP) is 3.03. The third-order valence-corrected chi connectivity index (χ3v) is 2.37. The monoisotopic (exact) mass is 268 g/mol. The Hall–Kier alpha value is 0.230. The molecule has 0 heterocycles. The van der Waals surface area contributed by atoms with Gasteiger partial charge < -0.3 is 0 Å².